The smallest absolute Gasteiger partial charge is 0.273 e. The number of benzene rings is 1. The molecule has 1 saturated heterocycles. The molecule has 0 amide bonds. The van der Waals surface area contributed by atoms with Crippen molar-refractivity contribution in [2.75, 3.05) is 0 Å². The lowest BCUT2D eigenvalue weighted by molar-refractivity contribution is -0.143. The summed E-state index contributed by atoms with van der Waals surface area (Å²) in [5.74, 6) is -0.731. The number of aliphatic hydroxyl groups is 1. The maximum Gasteiger partial charge on any atom is 0.273 e. The monoisotopic (exact) mass is 711 g/mol. The van der Waals surface area contributed by atoms with E-state index in [-0.39, 0.29) is 50.8 Å². The number of ketones is 2. The van der Waals surface area contributed by atoms with Crippen molar-refractivity contribution in [3.05, 3.63) is 59.4 Å². The van der Waals surface area contributed by atoms with Crippen LogP contribution in [0.1, 0.15) is 114 Å². The highest BCUT2D eigenvalue weighted by molar-refractivity contribution is 6.79. The number of allylic oxidation sites excluding steroid dienone is 1. The highest BCUT2D eigenvalue weighted by atomic mass is 28.4. The number of hydrogen-bond acceptors (Lipinski definition) is 8. The summed E-state index contributed by atoms with van der Waals surface area (Å²) >= 11 is 0. The average Bonchev–Trinajstić information content (AvgIpc) is 3.69. The van der Waals surface area contributed by atoms with Crippen molar-refractivity contribution in [3.63, 3.8) is 0 Å². The molecule has 0 radical (unpaired) electrons. The molecule has 0 aliphatic carbocycles. The Bertz CT molecular complexity index is 1440. The van der Waals surface area contributed by atoms with E-state index in [0.717, 1.165) is 6.42 Å². The summed E-state index contributed by atoms with van der Waals surface area (Å²) in [6.07, 6.45) is 2.64. The Morgan fingerprint density at radius 1 is 0.898 bits per heavy atom. The molecule has 0 unspecified atom stereocenters. The number of aliphatic imine (C=N–C) groups is 1. The van der Waals surface area contributed by atoms with Crippen LogP contribution in [0.3, 0.4) is 0 Å². The first kappa shape index (κ1) is 39.4. The molecular formula is C39H61NO7Si2. The number of carbonyl (C=O) groups is 2. The number of ether oxygens (including phenoxy) is 2. The van der Waals surface area contributed by atoms with Gasteiger partial charge in [0.15, 0.2) is 6.10 Å². The predicted molar refractivity (Wildman–Crippen MR) is 201 cm³/mol. The Morgan fingerprint density at radius 2 is 1.41 bits per heavy atom. The third-order valence-electron chi connectivity index (χ3n) is 11.4. The van der Waals surface area contributed by atoms with Gasteiger partial charge in [-0.1, -0.05) is 132 Å². The molecule has 1 fully saturated rings. The van der Waals surface area contributed by atoms with Gasteiger partial charge >= 0.3 is 0 Å². The summed E-state index contributed by atoms with van der Waals surface area (Å²) < 4.78 is 27.7. The van der Waals surface area contributed by atoms with Crippen molar-refractivity contribution in [2.45, 2.75) is 166 Å². The highest BCUT2D eigenvalue weighted by Gasteiger charge is 2.75. The average molecular weight is 712 g/mol. The summed E-state index contributed by atoms with van der Waals surface area (Å²) in [5, 5.41) is 13.0. The molecule has 1 N–H and O–H groups in total. The first-order valence-electron chi connectivity index (χ1n) is 18.4. The van der Waals surface area contributed by atoms with Crippen molar-refractivity contribution in [1.29, 1.82) is 0 Å². The molecule has 272 valence electrons. The van der Waals surface area contributed by atoms with Crippen LogP contribution < -0.4 is 0 Å². The molecule has 1 aromatic rings. The number of carbonyl (C=O) groups excluding carboxylic acids is 2. The maximum atomic E-state index is 15.2. The standard InChI is InChI=1S/C39H61NO7Si2/c1-15-16-22-31-33(44-31)32-29(14)34(41)38(45-32)36(46-48(23(2)3,24(4)5)25(6)7)39(43,35(42)30-20-18-17-19-21-30)40-37(38)47-49(26(8)9,27(10)11)28(12)13/h16-28,31,33,36,43H,15H2,1-14H3/b22-16-/t31-,33+,36+,38+,39+/m0/s1. The maximum absolute atomic E-state index is 15.2. The van der Waals surface area contributed by atoms with Gasteiger partial charge in [0, 0.05) is 11.1 Å². The van der Waals surface area contributed by atoms with Gasteiger partial charge in [-0.05, 0) is 46.6 Å². The van der Waals surface area contributed by atoms with Crippen LogP contribution in [0.25, 0.3) is 0 Å². The second-order valence-electron chi connectivity index (χ2n) is 16.1. The van der Waals surface area contributed by atoms with Gasteiger partial charge in [-0.2, -0.15) is 0 Å². The minimum atomic E-state index is -2.91. The van der Waals surface area contributed by atoms with Gasteiger partial charge in [-0.3, -0.25) is 9.59 Å². The highest BCUT2D eigenvalue weighted by Crippen LogP contribution is 2.55. The Hall–Kier alpha value is -2.38. The van der Waals surface area contributed by atoms with Crippen molar-refractivity contribution in [1.82, 2.24) is 0 Å². The molecule has 3 aliphatic heterocycles. The molecule has 8 nitrogen and oxygen atoms in total. The first-order valence-corrected chi connectivity index (χ1v) is 22.6. The largest absolute Gasteiger partial charge is 0.530 e. The SMILES string of the molecule is CC/C=C\[C@@H]1O[C@H]1C1=C(C)C(=O)[C@]2(O1)C(O[Si](C(C)C)(C(C)C)C(C)C)=N[C@@](O)(C(=O)c1ccccc1)[C@@H]2O[Si](C(C)C)(C(C)C)C(C)C. The van der Waals surface area contributed by atoms with E-state index in [9.17, 15) is 9.90 Å². The van der Waals surface area contributed by atoms with Crippen LogP contribution >= 0.6 is 0 Å². The Labute approximate surface area is 297 Å². The molecule has 0 saturated carbocycles. The molecule has 3 heterocycles. The number of rotatable bonds is 14. The summed E-state index contributed by atoms with van der Waals surface area (Å²) in [6.45, 7) is 29.5. The Kier molecular flexibility index (Phi) is 11.5. The van der Waals surface area contributed by atoms with E-state index in [1.807, 2.05) is 18.2 Å². The van der Waals surface area contributed by atoms with Gasteiger partial charge in [-0.15, -0.1) is 0 Å². The third kappa shape index (κ3) is 6.28. The van der Waals surface area contributed by atoms with Crippen LogP contribution in [0, 0.1) is 0 Å². The normalized spacial score (nSPS) is 27.7. The third-order valence-corrected chi connectivity index (χ3v) is 23.4. The lowest BCUT2D eigenvalue weighted by Crippen LogP contribution is -2.67. The van der Waals surface area contributed by atoms with E-state index < -0.39 is 51.7 Å². The Morgan fingerprint density at radius 3 is 1.88 bits per heavy atom. The van der Waals surface area contributed by atoms with Gasteiger partial charge in [0.25, 0.3) is 19.6 Å². The van der Waals surface area contributed by atoms with Gasteiger partial charge in [0.1, 0.15) is 18.0 Å². The Balaban J connectivity index is 2.05. The van der Waals surface area contributed by atoms with Crippen molar-refractivity contribution in [2.24, 2.45) is 4.99 Å². The molecule has 1 spiro atoms. The van der Waals surface area contributed by atoms with Gasteiger partial charge < -0.3 is 23.4 Å². The van der Waals surface area contributed by atoms with Crippen LogP contribution in [0.15, 0.2) is 58.8 Å². The predicted octanol–water partition coefficient (Wildman–Crippen LogP) is 9.07. The number of nitrogens with zero attached hydrogens (tertiary/aromatic N) is 1. The van der Waals surface area contributed by atoms with E-state index in [1.165, 1.54) is 0 Å². The van der Waals surface area contributed by atoms with Gasteiger partial charge in [0.2, 0.25) is 25.8 Å². The van der Waals surface area contributed by atoms with Crippen LogP contribution in [0.4, 0.5) is 0 Å². The van der Waals surface area contributed by atoms with Crippen molar-refractivity contribution >= 4 is 34.1 Å². The van der Waals surface area contributed by atoms with Crippen molar-refractivity contribution < 1.29 is 33.0 Å². The lowest BCUT2D eigenvalue weighted by Gasteiger charge is -2.48. The topological polar surface area (TPSA) is 107 Å². The number of epoxide rings is 1. The molecular weight excluding hydrogens is 651 g/mol. The van der Waals surface area contributed by atoms with Crippen LogP contribution in [-0.2, 0) is 23.1 Å². The molecule has 0 aromatic heterocycles. The van der Waals surface area contributed by atoms with E-state index in [0.29, 0.717) is 11.3 Å². The second-order valence-corrected chi connectivity index (χ2v) is 26.9. The molecule has 4 rings (SSSR count). The van der Waals surface area contributed by atoms with Crippen molar-refractivity contribution in [3.8, 4) is 0 Å². The fourth-order valence-electron chi connectivity index (χ4n) is 9.08. The first-order chi connectivity index (χ1) is 22.8. The fraction of sp³-hybridized carbons (Fsp3) is 0.667. The van der Waals surface area contributed by atoms with E-state index in [1.54, 1.807) is 31.2 Å². The molecule has 49 heavy (non-hydrogen) atoms. The summed E-state index contributed by atoms with van der Waals surface area (Å²) in [4.78, 5) is 34.8. The van der Waals surface area contributed by atoms with Crippen LogP contribution in [0.2, 0.25) is 33.2 Å². The summed E-state index contributed by atoms with van der Waals surface area (Å²) in [5.41, 5.74) is -3.34. The summed E-state index contributed by atoms with van der Waals surface area (Å²) in [7, 11) is -5.74. The zero-order chi connectivity index (χ0) is 36.9. The minimum Gasteiger partial charge on any atom is -0.530 e. The summed E-state index contributed by atoms with van der Waals surface area (Å²) in [6, 6.07) is 8.61. The van der Waals surface area contributed by atoms with Gasteiger partial charge in [0.05, 0.1) is 0 Å². The van der Waals surface area contributed by atoms with Crippen LogP contribution in [0.5, 0.6) is 0 Å². The number of hydrogen-bond donors (Lipinski definition) is 1. The molecule has 3 aliphatic rings. The fourth-order valence-corrected chi connectivity index (χ4v) is 19.9. The number of Topliss-reactive ketones (excluding diaryl/α,β-unsaturated/α-hetero) is 2. The zero-order valence-electron chi connectivity index (χ0n) is 32.3. The quantitative estimate of drug-likeness (QED) is 0.0888. The van der Waals surface area contributed by atoms with Crippen LogP contribution in [-0.4, -0.2) is 68.8 Å². The molecule has 10 heteroatoms. The molecule has 5 atom stereocenters. The lowest BCUT2D eigenvalue weighted by atomic mass is 9.84. The molecule has 0 bridgehead atoms. The molecule has 1 aromatic carbocycles. The van der Waals surface area contributed by atoms with E-state index in [4.69, 9.17) is 23.3 Å². The minimum absolute atomic E-state index is 0.0492. The van der Waals surface area contributed by atoms with E-state index >= 15 is 4.79 Å². The second kappa shape index (κ2) is 14.3. The zero-order valence-corrected chi connectivity index (χ0v) is 34.3. The van der Waals surface area contributed by atoms with Gasteiger partial charge in [-0.25, -0.2) is 4.99 Å². The van der Waals surface area contributed by atoms with E-state index in [2.05, 4.69) is 90.0 Å².